The second kappa shape index (κ2) is 6.94. The molecule has 0 aliphatic heterocycles. The molecule has 3 aromatic rings. The molecule has 2 N–H and O–H groups in total. The van der Waals surface area contributed by atoms with Crippen molar-refractivity contribution >= 4 is 28.3 Å². The van der Waals surface area contributed by atoms with Crippen molar-refractivity contribution in [1.29, 1.82) is 0 Å². The standard InChI is InChI=1S/C18H16ClN3O3/c1-11(12-5-4-6-13(19)9-12)20-16(23)10-22-18(25)15-8-3-2-7-14(15)17(24)21-22/h2-9,11H,10H2,1H3,(H,20,23)(H,21,24)/t11-/m0/s1. The van der Waals surface area contributed by atoms with Crippen LogP contribution in [0.1, 0.15) is 18.5 Å². The molecule has 0 aliphatic carbocycles. The summed E-state index contributed by atoms with van der Waals surface area (Å²) in [6.07, 6.45) is 0. The number of fused-ring (bicyclic) bond motifs is 1. The minimum Gasteiger partial charge on any atom is -0.348 e. The van der Waals surface area contributed by atoms with Crippen molar-refractivity contribution in [2.45, 2.75) is 19.5 Å². The van der Waals surface area contributed by atoms with Crippen LogP contribution < -0.4 is 16.4 Å². The van der Waals surface area contributed by atoms with Gasteiger partial charge < -0.3 is 5.32 Å². The van der Waals surface area contributed by atoms with E-state index in [1.807, 2.05) is 13.0 Å². The molecule has 0 fully saturated rings. The van der Waals surface area contributed by atoms with E-state index in [1.54, 1.807) is 42.5 Å². The van der Waals surface area contributed by atoms with E-state index in [1.165, 1.54) is 0 Å². The van der Waals surface area contributed by atoms with Crippen molar-refractivity contribution in [3.8, 4) is 0 Å². The van der Waals surface area contributed by atoms with Gasteiger partial charge in [0.2, 0.25) is 5.91 Å². The highest BCUT2D eigenvalue weighted by molar-refractivity contribution is 6.30. The summed E-state index contributed by atoms with van der Waals surface area (Å²) in [6, 6.07) is 13.4. The van der Waals surface area contributed by atoms with Crippen molar-refractivity contribution in [3.05, 3.63) is 79.8 Å². The van der Waals surface area contributed by atoms with Crippen LogP contribution in [0.4, 0.5) is 0 Å². The molecular weight excluding hydrogens is 342 g/mol. The van der Waals surface area contributed by atoms with Gasteiger partial charge >= 0.3 is 0 Å². The molecule has 0 radical (unpaired) electrons. The molecule has 6 nitrogen and oxygen atoms in total. The fourth-order valence-corrected chi connectivity index (χ4v) is 2.85. The minimum absolute atomic E-state index is 0.274. The summed E-state index contributed by atoms with van der Waals surface area (Å²) in [4.78, 5) is 36.7. The zero-order valence-electron chi connectivity index (χ0n) is 13.5. The van der Waals surface area contributed by atoms with Gasteiger partial charge in [0, 0.05) is 5.02 Å². The molecule has 1 atom stereocenters. The van der Waals surface area contributed by atoms with Gasteiger partial charge in [-0.25, -0.2) is 4.68 Å². The summed E-state index contributed by atoms with van der Waals surface area (Å²) in [6.45, 7) is 1.54. The number of carbonyl (C=O) groups is 1. The molecule has 0 unspecified atom stereocenters. The summed E-state index contributed by atoms with van der Waals surface area (Å²) >= 11 is 5.95. The van der Waals surface area contributed by atoms with Gasteiger partial charge in [-0.2, -0.15) is 0 Å². The number of hydrogen-bond acceptors (Lipinski definition) is 3. The van der Waals surface area contributed by atoms with Gasteiger partial charge in [-0.15, -0.1) is 0 Å². The van der Waals surface area contributed by atoms with Crippen LogP contribution in [0.25, 0.3) is 10.8 Å². The van der Waals surface area contributed by atoms with Crippen molar-refractivity contribution in [2.75, 3.05) is 0 Å². The Labute approximate surface area is 148 Å². The van der Waals surface area contributed by atoms with Crippen LogP contribution >= 0.6 is 11.6 Å². The Morgan fingerprint density at radius 2 is 1.88 bits per heavy atom. The van der Waals surface area contributed by atoms with Gasteiger partial charge in [-0.3, -0.25) is 19.5 Å². The SMILES string of the molecule is C[C@H](NC(=O)Cn1[nH]c(=O)c2ccccc2c1=O)c1cccc(Cl)c1. The second-order valence-electron chi connectivity index (χ2n) is 5.72. The van der Waals surface area contributed by atoms with E-state index in [9.17, 15) is 14.4 Å². The number of rotatable bonds is 4. The number of carbonyl (C=O) groups excluding carboxylic acids is 1. The lowest BCUT2D eigenvalue weighted by atomic mass is 10.1. The predicted octanol–water partition coefficient (Wildman–Crippen LogP) is 2.22. The van der Waals surface area contributed by atoms with Crippen LogP contribution in [-0.4, -0.2) is 15.7 Å². The second-order valence-corrected chi connectivity index (χ2v) is 6.16. The maximum absolute atomic E-state index is 12.4. The molecule has 0 saturated carbocycles. The van der Waals surface area contributed by atoms with Crippen molar-refractivity contribution in [1.82, 2.24) is 15.1 Å². The highest BCUT2D eigenvalue weighted by Crippen LogP contribution is 2.17. The summed E-state index contributed by atoms with van der Waals surface area (Å²) in [7, 11) is 0. The number of halogens is 1. The number of H-pyrrole nitrogens is 1. The van der Waals surface area contributed by atoms with Gasteiger partial charge in [0.1, 0.15) is 6.54 Å². The van der Waals surface area contributed by atoms with E-state index < -0.39 is 11.1 Å². The van der Waals surface area contributed by atoms with Gasteiger partial charge in [0.05, 0.1) is 16.8 Å². The van der Waals surface area contributed by atoms with E-state index >= 15 is 0 Å². The molecule has 1 heterocycles. The Morgan fingerprint density at radius 1 is 1.16 bits per heavy atom. The maximum atomic E-state index is 12.4. The van der Waals surface area contributed by atoms with Crippen LogP contribution in [0.3, 0.4) is 0 Å². The van der Waals surface area contributed by atoms with Crippen molar-refractivity contribution in [2.24, 2.45) is 0 Å². The maximum Gasteiger partial charge on any atom is 0.273 e. The zero-order valence-corrected chi connectivity index (χ0v) is 14.2. The van der Waals surface area contributed by atoms with Gasteiger partial charge in [-0.1, -0.05) is 35.9 Å². The molecule has 0 aliphatic rings. The van der Waals surface area contributed by atoms with Gasteiger partial charge in [0.25, 0.3) is 11.1 Å². The lowest BCUT2D eigenvalue weighted by molar-refractivity contribution is -0.122. The normalized spacial score (nSPS) is 12.1. The van der Waals surface area contributed by atoms with Crippen LogP contribution in [-0.2, 0) is 11.3 Å². The smallest absolute Gasteiger partial charge is 0.273 e. The van der Waals surface area contributed by atoms with Gasteiger partial charge in [0.15, 0.2) is 0 Å². The predicted molar refractivity (Wildman–Crippen MR) is 96.8 cm³/mol. The Kier molecular flexibility index (Phi) is 4.72. The van der Waals surface area contributed by atoms with E-state index in [0.29, 0.717) is 10.4 Å². The van der Waals surface area contributed by atoms with Crippen LogP contribution in [0, 0.1) is 0 Å². The quantitative estimate of drug-likeness (QED) is 0.751. The van der Waals surface area contributed by atoms with E-state index in [2.05, 4.69) is 10.4 Å². The number of nitrogens with one attached hydrogen (secondary N) is 2. The third-order valence-electron chi connectivity index (χ3n) is 3.91. The Morgan fingerprint density at radius 3 is 2.60 bits per heavy atom. The monoisotopic (exact) mass is 357 g/mol. The van der Waals surface area contributed by atoms with Crippen LogP contribution in [0.5, 0.6) is 0 Å². The molecule has 0 bridgehead atoms. The number of amides is 1. The third kappa shape index (κ3) is 3.64. The summed E-state index contributed by atoms with van der Waals surface area (Å²) in [5, 5.41) is 6.38. The molecule has 1 aromatic heterocycles. The van der Waals surface area contributed by atoms with Crippen molar-refractivity contribution in [3.63, 3.8) is 0 Å². The highest BCUT2D eigenvalue weighted by atomic mass is 35.5. The summed E-state index contributed by atoms with van der Waals surface area (Å²) in [5.74, 6) is -0.388. The zero-order chi connectivity index (χ0) is 18.0. The topological polar surface area (TPSA) is 84.0 Å². The average Bonchev–Trinajstić information content (AvgIpc) is 2.59. The number of hydrogen-bond donors (Lipinski definition) is 2. The lowest BCUT2D eigenvalue weighted by Gasteiger charge is -2.15. The molecular formula is C18H16ClN3O3. The molecule has 128 valence electrons. The first-order valence-corrected chi connectivity index (χ1v) is 8.10. The number of aromatic nitrogens is 2. The Hall–Kier alpha value is -2.86. The molecule has 0 spiro atoms. The minimum atomic E-state index is -0.416. The first-order chi connectivity index (χ1) is 12.0. The van der Waals surface area contributed by atoms with E-state index in [4.69, 9.17) is 11.6 Å². The molecule has 7 heteroatoms. The van der Waals surface area contributed by atoms with Crippen molar-refractivity contribution < 1.29 is 4.79 Å². The van der Waals surface area contributed by atoms with Crippen LogP contribution in [0.2, 0.25) is 5.02 Å². The van der Waals surface area contributed by atoms with Crippen LogP contribution in [0.15, 0.2) is 58.1 Å². The molecule has 2 aromatic carbocycles. The Bertz CT molecular complexity index is 1060. The number of aromatic amines is 1. The van der Waals surface area contributed by atoms with E-state index in [0.717, 1.165) is 10.2 Å². The molecule has 0 saturated heterocycles. The fourth-order valence-electron chi connectivity index (χ4n) is 2.65. The lowest BCUT2D eigenvalue weighted by Crippen LogP contribution is -2.37. The number of benzene rings is 2. The average molecular weight is 358 g/mol. The Balaban J connectivity index is 1.82. The number of nitrogens with zero attached hydrogens (tertiary/aromatic N) is 1. The molecule has 3 rings (SSSR count). The largest absolute Gasteiger partial charge is 0.348 e. The molecule has 1 amide bonds. The highest BCUT2D eigenvalue weighted by Gasteiger charge is 2.13. The summed E-state index contributed by atoms with van der Waals surface area (Å²) in [5.41, 5.74) is 0.0202. The fraction of sp³-hybridized carbons (Fsp3) is 0.167. The molecule has 25 heavy (non-hydrogen) atoms. The summed E-state index contributed by atoms with van der Waals surface area (Å²) < 4.78 is 1.02. The first kappa shape index (κ1) is 17.0. The third-order valence-corrected chi connectivity index (χ3v) is 4.15. The van der Waals surface area contributed by atoms with E-state index in [-0.39, 0.29) is 23.9 Å². The van der Waals surface area contributed by atoms with Gasteiger partial charge in [-0.05, 0) is 36.8 Å². The first-order valence-electron chi connectivity index (χ1n) is 7.72.